The summed E-state index contributed by atoms with van der Waals surface area (Å²) in [7, 11) is 0. The minimum absolute atomic E-state index is 0.0860. The lowest BCUT2D eigenvalue weighted by atomic mass is 10.1. The summed E-state index contributed by atoms with van der Waals surface area (Å²) in [5.41, 5.74) is 1.23. The molecule has 1 fully saturated rings. The van der Waals surface area contributed by atoms with Gasteiger partial charge in [0.05, 0.1) is 19.0 Å². The first-order chi connectivity index (χ1) is 11.3. The van der Waals surface area contributed by atoms with Gasteiger partial charge in [-0.2, -0.15) is 0 Å². The standard InChI is InChI=1S/C18H23N3O2/c22-18(14-23-12-8-16-5-2-1-3-6-16)20-10-4-7-17(13-20)21-11-9-19-15-21/h1-3,5-6,9,11,15,17H,4,7-8,10,12-14H2/t17-/m1/s1. The first-order valence-corrected chi connectivity index (χ1v) is 8.20. The van der Waals surface area contributed by atoms with Gasteiger partial charge in [0.15, 0.2) is 0 Å². The highest BCUT2D eigenvalue weighted by atomic mass is 16.5. The van der Waals surface area contributed by atoms with Crippen molar-refractivity contribution in [2.45, 2.75) is 25.3 Å². The molecule has 0 saturated carbocycles. The number of hydrogen-bond acceptors (Lipinski definition) is 3. The van der Waals surface area contributed by atoms with E-state index < -0.39 is 0 Å². The second-order valence-electron chi connectivity index (χ2n) is 5.93. The second kappa shape index (κ2) is 7.92. The van der Waals surface area contributed by atoms with Crippen LogP contribution in [0.5, 0.6) is 0 Å². The number of carbonyl (C=O) groups is 1. The van der Waals surface area contributed by atoms with Crippen LogP contribution >= 0.6 is 0 Å². The van der Waals surface area contributed by atoms with E-state index in [-0.39, 0.29) is 12.5 Å². The molecule has 2 aromatic rings. The number of benzene rings is 1. The van der Waals surface area contributed by atoms with Crippen LogP contribution in [0.4, 0.5) is 0 Å². The molecule has 1 aliphatic rings. The molecule has 1 amide bonds. The number of hydrogen-bond donors (Lipinski definition) is 0. The summed E-state index contributed by atoms with van der Waals surface area (Å²) in [6.45, 7) is 2.32. The molecule has 5 nitrogen and oxygen atoms in total. The molecule has 3 rings (SSSR count). The molecule has 23 heavy (non-hydrogen) atoms. The topological polar surface area (TPSA) is 47.4 Å². The number of rotatable bonds is 6. The fraction of sp³-hybridized carbons (Fsp3) is 0.444. The maximum atomic E-state index is 12.3. The number of piperidine rings is 1. The summed E-state index contributed by atoms with van der Waals surface area (Å²) in [4.78, 5) is 18.3. The monoisotopic (exact) mass is 313 g/mol. The van der Waals surface area contributed by atoms with Gasteiger partial charge in [-0.25, -0.2) is 4.98 Å². The van der Waals surface area contributed by atoms with E-state index in [0.717, 1.165) is 32.4 Å². The van der Waals surface area contributed by atoms with Gasteiger partial charge < -0.3 is 14.2 Å². The number of imidazole rings is 1. The van der Waals surface area contributed by atoms with E-state index in [9.17, 15) is 4.79 Å². The van der Waals surface area contributed by atoms with Crippen molar-refractivity contribution in [1.82, 2.24) is 14.5 Å². The number of aromatic nitrogens is 2. The number of likely N-dealkylation sites (tertiary alicyclic amines) is 1. The van der Waals surface area contributed by atoms with Crippen molar-refractivity contribution in [1.29, 1.82) is 0 Å². The minimum Gasteiger partial charge on any atom is -0.371 e. The van der Waals surface area contributed by atoms with E-state index in [2.05, 4.69) is 21.7 Å². The Hall–Kier alpha value is -2.14. The third-order valence-electron chi connectivity index (χ3n) is 4.30. The van der Waals surface area contributed by atoms with Crippen LogP contribution < -0.4 is 0 Å². The van der Waals surface area contributed by atoms with Crippen molar-refractivity contribution < 1.29 is 9.53 Å². The van der Waals surface area contributed by atoms with Crippen molar-refractivity contribution in [2.75, 3.05) is 26.3 Å². The fourth-order valence-corrected chi connectivity index (χ4v) is 3.00. The van der Waals surface area contributed by atoms with Gasteiger partial charge in [-0.3, -0.25) is 4.79 Å². The quantitative estimate of drug-likeness (QED) is 0.769. The van der Waals surface area contributed by atoms with Gasteiger partial charge in [-0.1, -0.05) is 30.3 Å². The lowest BCUT2D eigenvalue weighted by molar-refractivity contribution is -0.137. The third kappa shape index (κ3) is 4.42. The van der Waals surface area contributed by atoms with E-state index >= 15 is 0 Å². The van der Waals surface area contributed by atoms with Gasteiger partial charge >= 0.3 is 0 Å². The number of nitrogens with zero attached hydrogens (tertiary/aromatic N) is 3. The van der Waals surface area contributed by atoms with Gasteiger partial charge in [0, 0.05) is 25.5 Å². The molecule has 122 valence electrons. The number of carbonyl (C=O) groups excluding carboxylic acids is 1. The van der Waals surface area contributed by atoms with Gasteiger partial charge in [-0.15, -0.1) is 0 Å². The van der Waals surface area contributed by atoms with E-state index in [1.165, 1.54) is 5.56 Å². The van der Waals surface area contributed by atoms with Crippen LogP contribution in [0.25, 0.3) is 0 Å². The van der Waals surface area contributed by atoms with Crippen molar-refractivity contribution in [2.24, 2.45) is 0 Å². The Balaban J connectivity index is 1.41. The first kappa shape index (κ1) is 15.7. The van der Waals surface area contributed by atoms with Crippen LogP contribution in [0.15, 0.2) is 49.1 Å². The fourth-order valence-electron chi connectivity index (χ4n) is 3.00. The highest BCUT2D eigenvalue weighted by molar-refractivity contribution is 5.77. The molecule has 2 heterocycles. The Labute approximate surface area is 136 Å². The number of amides is 1. The Bertz CT molecular complexity index is 598. The van der Waals surface area contributed by atoms with Crippen LogP contribution in [0, 0.1) is 0 Å². The molecule has 1 aromatic carbocycles. The Morgan fingerprint density at radius 2 is 2.17 bits per heavy atom. The van der Waals surface area contributed by atoms with Crippen molar-refractivity contribution in [3.05, 3.63) is 54.6 Å². The zero-order valence-electron chi connectivity index (χ0n) is 13.3. The van der Waals surface area contributed by atoms with Gasteiger partial charge in [0.25, 0.3) is 0 Å². The molecule has 0 spiro atoms. The number of ether oxygens (including phenoxy) is 1. The van der Waals surface area contributed by atoms with Gasteiger partial charge in [0.1, 0.15) is 6.61 Å². The maximum absolute atomic E-state index is 12.3. The van der Waals surface area contributed by atoms with E-state index in [1.807, 2.05) is 35.6 Å². The zero-order chi connectivity index (χ0) is 15.9. The molecular weight excluding hydrogens is 290 g/mol. The minimum atomic E-state index is 0.0860. The van der Waals surface area contributed by atoms with Crippen LogP contribution in [0.1, 0.15) is 24.4 Å². The third-order valence-corrected chi connectivity index (χ3v) is 4.30. The van der Waals surface area contributed by atoms with Gasteiger partial charge in [-0.05, 0) is 24.8 Å². The molecule has 0 aliphatic carbocycles. The average Bonchev–Trinajstić information content (AvgIpc) is 3.14. The van der Waals surface area contributed by atoms with E-state index in [1.54, 1.807) is 6.20 Å². The summed E-state index contributed by atoms with van der Waals surface area (Å²) in [6, 6.07) is 10.5. The molecule has 0 N–H and O–H groups in total. The van der Waals surface area contributed by atoms with Crippen LogP contribution in [0.3, 0.4) is 0 Å². The molecule has 0 radical (unpaired) electrons. The SMILES string of the molecule is O=C(COCCc1ccccc1)N1CCC[C@@H](n2ccnc2)C1. The lowest BCUT2D eigenvalue weighted by Crippen LogP contribution is -2.42. The van der Waals surface area contributed by atoms with Crippen molar-refractivity contribution >= 4 is 5.91 Å². The van der Waals surface area contributed by atoms with Crippen molar-refractivity contribution in [3.8, 4) is 0 Å². The molecule has 5 heteroatoms. The Morgan fingerprint density at radius 1 is 1.30 bits per heavy atom. The normalized spacial score (nSPS) is 18.1. The molecule has 1 atom stereocenters. The second-order valence-corrected chi connectivity index (χ2v) is 5.93. The summed E-state index contributed by atoms with van der Waals surface area (Å²) in [5, 5.41) is 0. The summed E-state index contributed by atoms with van der Waals surface area (Å²) >= 11 is 0. The smallest absolute Gasteiger partial charge is 0.248 e. The van der Waals surface area contributed by atoms with Gasteiger partial charge in [0.2, 0.25) is 5.91 Å². The van der Waals surface area contributed by atoms with Crippen LogP contribution in [0.2, 0.25) is 0 Å². The van der Waals surface area contributed by atoms with Crippen LogP contribution in [-0.2, 0) is 16.0 Å². The highest BCUT2D eigenvalue weighted by Gasteiger charge is 2.24. The summed E-state index contributed by atoms with van der Waals surface area (Å²) < 4.78 is 7.66. The highest BCUT2D eigenvalue weighted by Crippen LogP contribution is 2.21. The molecule has 0 bridgehead atoms. The Kier molecular flexibility index (Phi) is 5.42. The molecule has 1 aromatic heterocycles. The average molecular weight is 313 g/mol. The Morgan fingerprint density at radius 3 is 2.96 bits per heavy atom. The first-order valence-electron chi connectivity index (χ1n) is 8.20. The van der Waals surface area contributed by atoms with E-state index in [0.29, 0.717) is 12.6 Å². The molecule has 0 unspecified atom stereocenters. The molecular formula is C18H23N3O2. The van der Waals surface area contributed by atoms with E-state index in [4.69, 9.17) is 4.74 Å². The van der Waals surface area contributed by atoms with Crippen LogP contribution in [-0.4, -0.2) is 46.7 Å². The summed E-state index contributed by atoms with van der Waals surface area (Å²) in [5.74, 6) is 0.0860. The molecule has 1 saturated heterocycles. The van der Waals surface area contributed by atoms with Crippen molar-refractivity contribution in [3.63, 3.8) is 0 Å². The largest absolute Gasteiger partial charge is 0.371 e. The predicted molar refractivity (Wildman–Crippen MR) is 88.0 cm³/mol. The predicted octanol–water partition coefficient (Wildman–Crippen LogP) is 2.31. The maximum Gasteiger partial charge on any atom is 0.248 e. The lowest BCUT2D eigenvalue weighted by Gasteiger charge is -2.33. The summed E-state index contributed by atoms with van der Waals surface area (Å²) in [6.07, 6.45) is 8.54. The zero-order valence-corrected chi connectivity index (χ0v) is 13.3. The molecule has 1 aliphatic heterocycles.